The van der Waals surface area contributed by atoms with Crippen LogP contribution in [0, 0.1) is 6.92 Å². The average molecular weight is 210 g/mol. The number of hydrogen-bond donors (Lipinski definition) is 0. The molecule has 0 aromatic heterocycles. The summed E-state index contributed by atoms with van der Waals surface area (Å²) in [4.78, 5) is 0. The fourth-order valence-electron chi connectivity index (χ4n) is 1.84. The Balaban J connectivity index is 2.46. The molecule has 0 saturated heterocycles. The highest BCUT2D eigenvalue weighted by atomic mass is 32.2. The zero-order chi connectivity index (χ0) is 10.4. The lowest BCUT2D eigenvalue weighted by Crippen LogP contribution is -2.19. The van der Waals surface area contributed by atoms with Gasteiger partial charge in [-0.15, -0.1) is 0 Å². The van der Waals surface area contributed by atoms with Crippen LogP contribution in [0.3, 0.4) is 0 Å². The number of aryl methyl sites for hydroxylation is 1. The van der Waals surface area contributed by atoms with E-state index in [2.05, 4.69) is 0 Å². The molecular weight excluding hydrogens is 196 g/mol. The zero-order valence-electron chi connectivity index (χ0n) is 8.45. The summed E-state index contributed by atoms with van der Waals surface area (Å²) in [6.07, 6.45) is 2.88. The number of sulfone groups is 1. The van der Waals surface area contributed by atoms with Crippen LogP contribution in [0.4, 0.5) is 0 Å². The summed E-state index contributed by atoms with van der Waals surface area (Å²) in [7, 11) is -2.96. The van der Waals surface area contributed by atoms with Crippen LogP contribution in [-0.2, 0) is 14.6 Å². The molecule has 0 heterocycles. The summed E-state index contributed by atoms with van der Waals surface area (Å²) in [6.45, 7) is 2.00. The first kappa shape index (κ1) is 9.71. The third-order valence-electron chi connectivity index (χ3n) is 2.99. The molecule has 14 heavy (non-hydrogen) atoms. The maximum atomic E-state index is 11.6. The molecule has 1 aromatic carbocycles. The Hall–Kier alpha value is -0.830. The summed E-state index contributed by atoms with van der Waals surface area (Å²) in [6, 6.07) is 7.81. The minimum Gasteiger partial charge on any atom is -0.228 e. The molecule has 0 radical (unpaired) electrons. The van der Waals surface area contributed by atoms with E-state index in [4.69, 9.17) is 0 Å². The monoisotopic (exact) mass is 210 g/mol. The van der Waals surface area contributed by atoms with E-state index in [1.165, 1.54) is 6.26 Å². The minimum atomic E-state index is -2.96. The lowest BCUT2D eigenvalue weighted by atomic mass is 10.1. The third-order valence-corrected chi connectivity index (χ3v) is 5.06. The highest BCUT2D eigenvalue weighted by Crippen LogP contribution is 2.52. The summed E-state index contributed by atoms with van der Waals surface area (Å²) in [5.41, 5.74) is 2.11. The van der Waals surface area contributed by atoms with E-state index in [0.717, 1.165) is 24.0 Å². The Morgan fingerprint density at radius 1 is 1.14 bits per heavy atom. The smallest absolute Gasteiger partial charge is 0.157 e. The van der Waals surface area contributed by atoms with Crippen molar-refractivity contribution in [2.24, 2.45) is 0 Å². The SMILES string of the molecule is Cc1ccc(C2(S(C)(=O)=O)CC2)cc1. The van der Waals surface area contributed by atoms with Gasteiger partial charge in [-0.3, -0.25) is 0 Å². The highest BCUT2D eigenvalue weighted by Gasteiger charge is 2.53. The van der Waals surface area contributed by atoms with E-state index in [-0.39, 0.29) is 0 Å². The van der Waals surface area contributed by atoms with Crippen LogP contribution in [0.1, 0.15) is 24.0 Å². The highest BCUT2D eigenvalue weighted by molar-refractivity contribution is 7.92. The van der Waals surface area contributed by atoms with Crippen molar-refractivity contribution in [3.63, 3.8) is 0 Å². The lowest BCUT2D eigenvalue weighted by Gasteiger charge is -2.13. The van der Waals surface area contributed by atoms with Crippen molar-refractivity contribution in [3.8, 4) is 0 Å². The van der Waals surface area contributed by atoms with Crippen LogP contribution in [-0.4, -0.2) is 14.7 Å². The van der Waals surface area contributed by atoms with Crippen LogP contribution in [0.25, 0.3) is 0 Å². The molecule has 2 rings (SSSR count). The molecule has 76 valence electrons. The maximum absolute atomic E-state index is 11.6. The molecule has 3 heteroatoms. The van der Waals surface area contributed by atoms with Crippen molar-refractivity contribution >= 4 is 9.84 Å². The predicted molar refractivity (Wildman–Crippen MR) is 56.9 cm³/mol. The van der Waals surface area contributed by atoms with Gasteiger partial charge in [0.1, 0.15) is 0 Å². The van der Waals surface area contributed by atoms with Gasteiger partial charge in [0.25, 0.3) is 0 Å². The molecule has 0 unspecified atom stereocenters. The van der Waals surface area contributed by atoms with Crippen LogP contribution in [0.15, 0.2) is 24.3 Å². The Bertz CT molecular complexity index is 439. The van der Waals surface area contributed by atoms with Gasteiger partial charge < -0.3 is 0 Å². The third kappa shape index (κ3) is 1.36. The molecule has 0 bridgehead atoms. The second-order valence-corrected chi connectivity index (χ2v) is 6.46. The first-order valence-electron chi connectivity index (χ1n) is 4.72. The van der Waals surface area contributed by atoms with Gasteiger partial charge in [-0.2, -0.15) is 0 Å². The Kier molecular flexibility index (Phi) is 1.96. The quantitative estimate of drug-likeness (QED) is 0.748. The van der Waals surface area contributed by atoms with E-state index in [9.17, 15) is 8.42 Å². The largest absolute Gasteiger partial charge is 0.228 e. The minimum absolute atomic E-state index is 0.555. The first-order valence-corrected chi connectivity index (χ1v) is 6.62. The molecule has 1 aromatic rings. The molecule has 0 spiro atoms. The van der Waals surface area contributed by atoms with Crippen molar-refractivity contribution in [2.45, 2.75) is 24.5 Å². The van der Waals surface area contributed by atoms with Crippen molar-refractivity contribution in [2.75, 3.05) is 6.26 Å². The molecule has 0 N–H and O–H groups in total. The predicted octanol–water partition coefficient (Wildman–Crippen LogP) is 2.03. The molecule has 1 aliphatic carbocycles. The van der Waals surface area contributed by atoms with Gasteiger partial charge >= 0.3 is 0 Å². The molecule has 0 amide bonds. The van der Waals surface area contributed by atoms with E-state index in [1.807, 2.05) is 31.2 Å². The van der Waals surface area contributed by atoms with Gasteiger partial charge in [0.15, 0.2) is 9.84 Å². The zero-order valence-corrected chi connectivity index (χ0v) is 9.26. The Labute approximate surface area is 84.9 Å². The van der Waals surface area contributed by atoms with Crippen LogP contribution in [0.2, 0.25) is 0 Å². The van der Waals surface area contributed by atoms with Crippen LogP contribution >= 0.6 is 0 Å². The summed E-state index contributed by atoms with van der Waals surface area (Å²) in [5.74, 6) is 0. The summed E-state index contributed by atoms with van der Waals surface area (Å²) in [5, 5.41) is 0. The number of hydrogen-bond acceptors (Lipinski definition) is 2. The van der Waals surface area contributed by atoms with Gasteiger partial charge in [-0.25, -0.2) is 8.42 Å². The van der Waals surface area contributed by atoms with Gasteiger partial charge in [-0.05, 0) is 25.3 Å². The number of rotatable bonds is 2. The normalized spacial score (nSPS) is 19.3. The number of benzene rings is 1. The second-order valence-electron chi connectivity index (χ2n) is 4.13. The second kappa shape index (κ2) is 2.83. The fourth-order valence-corrected chi connectivity index (χ4v) is 3.25. The van der Waals surface area contributed by atoms with Gasteiger partial charge in [0.05, 0.1) is 4.75 Å². The first-order chi connectivity index (χ1) is 6.46. The summed E-state index contributed by atoms with van der Waals surface area (Å²) < 4.78 is 22.6. The van der Waals surface area contributed by atoms with Crippen molar-refractivity contribution < 1.29 is 8.42 Å². The standard InChI is InChI=1S/C11H14O2S/c1-9-3-5-10(6-4-9)11(7-8-11)14(2,12)13/h3-6H,7-8H2,1-2H3. The van der Waals surface area contributed by atoms with Crippen molar-refractivity contribution in [1.82, 2.24) is 0 Å². The van der Waals surface area contributed by atoms with E-state index >= 15 is 0 Å². The lowest BCUT2D eigenvalue weighted by molar-refractivity contribution is 0.586. The fraction of sp³-hybridized carbons (Fsp3) is 0.455. The molecule has 1 fully saturated rings. The van der Waals surface area contributed by atoms with E-state index in [1.54, 1.807) is 0 Å². The van der Waals surface area contributed by atoms with Gasteiger partial charge in [0.2, 0.25) is 0 Å². The molecular formula is C11H14O2S. The molecule has 1 saturated carbocycles. The van der Waals surface area contributed by atoms with Crippen molar-refractivity contribution in [1.29, 1.82) is 0 Å². The topological polar surface area (TPSA) is 34.1 Å². The van der Waals surface area contributed by atoms with Gasteiger partial charge in [-0.1, -0.05) is 29.8 Å². The molecule has 0 atom stereocenters. The Morgan fingerprint density at radius 3 is 2.00 bits per heavy atom. The molecule has 2 nitrogen and oxygen atoms in total. The van der Waals surface area contributed by atoms with Crippen LogP contribution in [0.5, 0.6) is 0 Å². The van der Waals surface area contributed by atoms with E-state index in [0.29, 0.717) is 0 Å². The maximum Gasteiger partial charge on any atom is 0.157 e. The van der Waals surface area contributed by atoms with Gasteiger partial charge in [0, 0.05) is 6.26 Å². The van der Waals surface area contributed by atoms with Crippen molar-refractivity contribution in [3.05, 3.63) is 35.4 Å². The van der Waals surface area contributed by atoms with Crippen LogP contribution < -0.4 is 0 Å². The van der Waals surface area contributed by atoms with E-state index < -0.39 is 14.6 Å². The molecule has 1 aliphatic rings. The summed E-state index contributed by atoms with van der Waals surface area (Å²) >= 11 is 0. The Morgan fingerprint density at radius 2 is 1.64 bits per heavy atom. The average Bonchev–Trinajstić information content (AvgIpc) is 2.84. The molecule has 0 aliphatic heterocycles.